The van der Waals surface area contributed by atoms with Gasteiger partial charge in [-0.25, -0.2) is 4.98 Å². The summed E-state index contributed by atoms with van der Waals surface area (Å²) >= 11 is 0. The van der Waals surface area contributed by atoms with Gasteiger partial charge < -0.3 is 14.6 Å². The van der Waals surface area contributed by atoms with Crippen LogP contribution in [0.4, 0.5) is 0 Å². The zero-order valence-corrected chi connectivity index (χ0v) is 10.0. The highest BCUT2D eigenvalue weighted by Crippen LogP contribution is 2.21. The number of ether oxygens (including phenoxy) is 1. The van der Waals surface area contributed by atoms with E-state index in [0.29, 0.717) is 6.10 Å². The smallest absolute Gasteiger partial charge is 0.122 e. The predicted molar refractivity (Wildman–Crippen MR) is 67.2 cm³/mol. The van der Waals surface area contributed by atoms with Crippen LogP contribution < -0.4 is 10.1 Å². The standard InChI is InChI=1S/C13H17N3O/c1-16-9-15-12-7-10(4-5-13(12)16)17-11-3-2-6-14-8-11/h4-5,7,9,11,14H,2-3,6,8H2,1H3. The normalized spacial score (nSPS) is 20.6. The van der Waals surface area contributed by atoms with Crippen molar-refractivity contribution in [1.82, 2.24) is 14.9 Å². The Balaban J connectivity index is 1.80. The van der Waals surface area contributed by atoms with Gasteiger partial charge in [0.1, 0.15) is 11.9 Å². The molecule has 1 N–H and O–H groups in total. The monoisotopic (exact) mass is 231 g/mol. The molecule has 17 heavy (non-hydrogen) atoms. The molecule has 0 saturated carbocycles. The van der Waals surface area contributed by atoms with Crippen LogP contribution in [0.15, 0.2) is 24.5 Å². The van der Waals surface area contributed by atoms with Crippen LogP contribution in [0, 0.1) is 0 Å². The number of nitrogens with zero attached hydrogens (tertiary/aromatic N) is 2. The number of rotatable bonds is 2. The molecule has 1 aliphatic heterocycles. The number of imidazole rings is 1. The van der Waals surface area contributed by atoms with E-state index in [9.17, 15) is 0 Å². The summed E-state index contributed by atoms with van der Waals surface area (Å²) < 4.78 is 7.98. The fourth-order valence-electron chi connectivity index (χ4n) is 2.30. The van der Waals surface area contributed by atoms with Crippen molar-refractivity contribution < 1.29 is 4.74 Å². The summed E-state index contributed by atoms with van der Waals surface area (Å²) in [5, 5.41) is 3.35. The molecule has 1 aliphatic rings. The Labute approximate surface area is 101 Å². The van der Waals surface area contributed by atoms with Crippen molar-refractivity contribution in [1.29, 1.82) is 0 Å². The van der Waals surface area contributed by atoms with E-state index in [0.717, 1.165) is 36.3 Å². The summed E-state index contributed by atoms with van der Waals surface area (Å²) in [5.74, 6) is 0.921. The summed E-state index contributed by atoms with van der Waals surface area (Å²) in [7, 11) is 2.00. The van der Waals surface area contributed by atoms with Crippen molar-refractivity contribution >= 4 is 11.0 Å². The van der Waals surface area contributed by atoms with E-state index in [1.54, 1.807) is 0 Å². The number of aromatic nitrogens is 2. The topological polar surface area (TPSA) is 39.1 Å². The largest absolute Gasteiger partial charge is 0.489 e. The molecule has 0 radical (unpaired) electrons. The molecule has 0 bridgehead atoms. The van der Waals surface area contributed by atoms with Crippen LogP contribution in [0.3, 0.4) is 0 Å². The fourth-order valence-corrected chi connectivity index (χ4v) is 2.30. The second-order valence-corrected chi connectivity index (χ2v) is 4.59. The first kappa shape index (κ1) is 10.6. The number of nitrogens with one attached hydrogen (secondary N) is 1. The van der Waals surface area contributed by atoms with Crippen molar-refractivity contribution in [2.24, 2.45) is 7.05 Å². The van der Waals surface area contributed by atoms with Gasteiger partial charge >= 0.3 is 0 Å². The highest BCUT2D eigenvalue weighted by Gasteiger charge is 2.14. The van der Waals surface area contributed by atoms with Gasteiger partial charge in [0.25, 0.3) is 0 Å². The maximum Gasteiger partial charge on any atom is 0.122 e. The van der Waals surface area contributed by atoms with E-state index >= 15 is 0 Å². The molecule has 1 saturated heterocycles. The van der Waals surface area contributed by atoms with Crippen LogP contribution in [0.25, 0.3) is 11.0 Å². The summed E-state index contributed by atoms with van der Waals surface area (Å²) in [5.41, 5.74) is 2.13. The minimum absolute atomic E-state index is 0.296. The molecule has 0 aliphatic carbocycles. The van der Waals surface area contributed by atoms with Crippen LogP contribution in [0.5, 0.6) is 5.75 Å². The lowest BCUT2D eigenvalue weighted by molar-refractivity contribution is 0.167. The van der Waals surface area contributed by atoms with E-state index in [4.69, 9.17) is 4.74 Å². The molecule has 2 heterocycles. The SMILES string of the molecule is Cn1cnc2cc(OC3CCCNC3)ccc21. The van der Waals surface area contributed by atoms with E-state index < -0.39 is 0 Å². The van der Waals surface area contributed by atoms with Crippen LogP contribution in [0.2, 0.25) is 0 Å². The molecule has 1 atom stereocenters. The Morgan fingerprint density at radius 2 is 2.41 bits per heavy atom. The second-order valence-electron chi connectivity index (χ2n) is 4.59. The summed E-state index contributed by atoms with van der Waals surface area (Å²) in [4.78, 5) is 4.34. The number of hydrogen-bond donors (Lipinski definition) is 1. The zero-order chi connectivity index (χ0) is 11.7. The van der Waals surface area contributed by atoms with E-state index in [1.165, 1.54) is 6.42 Å². The van der Waals surface area contributed by atoms with Gasteiger partial charge in [-0.1, -0.05) is 0 Å². The average molecular weight is 231 g/mol. The molecule has 1 fully saturated rings. The van der Waals surface area contributed by atoms with Crippen LogP contribution in [-0.2, 0) is 7.05 Å². The Bertz CT molecular complexity index is 514. The van der Waals surface area contributed by atoms with Crippen molar-refractivity contribution in [3.8, 4) is 5.75 Å². The minimum atomic E-state index is 0.296. The van der Waals surface area contributed by atoms with Gasteiger partial charge in [-0.05, 0) is 31.5 Å². The lowest BCUT2D eigenvalue weighted by Gasteiger charge is -2.23. The maximum absolute atomic E-state index is 5.96. The van der Waals surface area contributed by atoms with Crippen LogP contribution in [-0.4, -0.2) is 28.7 Å². The van der Waals surface area contributed by atoms with E-state index in [1.807, 2.05) is 30.1 Å². The molecule has 90 valence electrons. The van der Waals surface area contributed by atoms with Crippen molar-refractivity contribution in [3.05, 3.63) is 24.5 Å². The predicted octanol–water partition coefficient (Wildman–Crippen LogP) is 1.70. The van der Waals surface area contributed by atoms with Crippen LogP contribution in [0.1, 0.15) is 12.8 Å². The number of hydrogen-bond acceptors (Lipinski definition) is 3. The number of benzene rings is 1. The van der Waals surface area contributed by atoms with Gasteiger partial charge in [0.2, 0.25) is 0 Å². The Kier molecular flexibility index (Phi) is 2.73. The molecular weight excluding hydrogens is 214 g/mol. The van der Waals surface area contributed by atoms with Crippen LogP contribution >= 0.6 is 0 Å². The summed E-state index contributed by atoms with van der Waals surface area (Å²) in [6.07, 6.45) is 4.45. The van der Waals surface area contributed by atoms with Gasteiger partial charge in [-0.15, -0.1) is 0 Å². The minimum Gasteiger partial charge on any atom is -0.489 e. The molecule has 0 spiro atoms. The second kappa shape index (κ2) is 4.37. The van der Waals surface area contributed by atoms with Gasteiger partial charge in [0.05, 0.1) is 17.4 Å². The average Bonchev–Trinajstić information content (AvgIpc) is 2.72. The van der Waals surface area contributed by atoms with Crippen molar-refractivity contribution in [2.45, 2.75) is 18.9 Å². The Hall–Kier alpha value is -1.55. The first-order valence-corrected chi connectivity index (χ1v) is 6.11. The van der Waals surface area contributed by atoms with Gasteiger partial charge in [0.15, 0.2) is 0 Å². The third-order valence-electron chi connectivity index (χ3n) is 3.25. The Morgan fingerprint density at radius 3 is 3.24 bits per heavy atom. The van der Waals surface area contributed by atoms with Gasteiger partial charge in [0, 0.05) is 19.7 Å². The fraction of sp³-hybridized carbons (Fsp3) is 0.462. The van der Waals surface area contributed by atoms with Crippen molar-refractivity contribution in [2.75, 3.05) is 13.1 Å². The molecule has 4 heteroatoms. The third kappa shape index (κ3) is 2.13. The third-order valence-corrected chi connectivity index (χ3v) is 3.25. The highest BCUT2D eigenvalue weighted by atomic mass is 16.5. The summed E-state index contributed by atoms with van der Waals surface area (Å²) in [6, 6.07) is 6.11. The molecular formula is C13H17N3O. The highest BCUT2D eigenvalue weighted by molar-refractivity contribution is 5.76. The molecule has 0 amide bonds. The molecule has 1 aromatic carbocycles. The first-order chi connectivity index (χ1) is 8.33. The molecule has 3 rings (SSSR count). The molecule has 1 aromatic heterocycles. The van der Waals surface area contributed by atoms with Gasteiger partial charge in [-0.3, -0.25) is 0 Å². The zero-order valence-electron chi connectivity index (χ0n) is 10.0. The molecule has 2 aromatic rings. The quantitative estimate of drug-likeness (QED) is 0.855. The van der Waals surface area contributed by atoms with Crippen molar-refractivity contribution in [3.63, 3.8) is 0 Å². The number of fused-ring (bicyclic) bond motifs is 1. The number of piperidine rings is 1. The number of aryl methyl sites for hydroxylation is 1. The van der Waals surface area contributed by atoms with Gasteiger partial charge in [-0.2, -0.15) is 0 Å². The van der Waals surface area contributed by atoms with E-state index in [2.05, 4.69) is 16.4 Å². The summed E-state index contributed by atoms with van der Waals surface area (Å²) in [6.45, 7) is 2.05. The van der Waals surface area contributed by atoms with E-state index in [-0.39, 0.29) is 0 Å². The molecule has 1 unspecified atom stereocenters. The first-order valence-electron chi connectivity index (χ1n) is 6.11. The Morgan fingerprint density at radius 1 is 1.47 bits per heavy atom. The lowest BCUT2D eigenvalue weighted by Crippen LogP contribution is -2.37. The lowest BCUT2D eigenvalue weighted by atomic mass is 10.1. The molecule has 4 nitrogen and oxygen atoms in total. The maximum atomic E-state index is 5.96.